The minimum atomic E-state index is 0.300. The van der Waals surface area contributed by atoms with Crippen molar-refractivity contribution in [3.63, 3.8) is 0 Å². The van der Waals surface area contributed by atoms with Gasteiger partial charge in [-0.15, -0.1) is 0 Å². The van der Waals surface area contributed by atoms with E-state index in [0.29, 0.717) is 18.1 Å². The number of halogens is 1. The van der Waals surface area contributed by atoms with E-state index in [1.807, 2.05) is 30.3 Å². The number of carbonyl (C=O) groups is 1. The van der Waals surface area contributed by atoms with E-state index in [0.717, 1.165) is 29.0 Å². The summed E-state index contributed by atoms with van der Waals surface area (Å²) >= 11 is 5.81. The predicted molar refractivity (Wildman–Crippen MR) is 67.5 cm³/mol. The summed E-state index contributed by atoms with van der Waals surface area (Å²) in [5.74, 6) is 0.837. The average molecular weight is 235 g/mol. The normalized spacial score (nSPS) is 23.8. The predicted octanol–water partition coefficient (Wildman–Crippen LogP) is 4.11. The van der Waals surface area contributed by atoms with Crippen LogP contribution in [0.15, 0.2) is 29.8 Å². The molecular weight excluding hydrogens is 220 g/mol. The average Bonchev–Trinajstić information content (AvgIpc) is 2.25. The molecule has 0 radical (unpaired) electrons. The molecule has 0 unspecified atom stereocenters. The Hall–Kier alpha value is -1.08. The van der Waals surface area contributed by atoms with E-state index in [1.54, 1.807) is 0 Å². The molecule has 16 heavy (non-hydrogen) atoms. The van der Waals surface area contributed by atoms with Gasteiger partial charge in [0.25, 0.3) is 0 Å². The first-order chi connectivity index (χ1) is 7.65. The van der Waals surface area contributed by atoms with E-state index in [-0.39, 0.29) is 0 Å². The minimum absolute atomic E-state index is 0.300. The van der Waals surface area contributed by atoms with Gasteiger partial charge in [0.15, 0.2) is 5.78 Å². The summed E-state index contributed by atoms with van der Waals surface area (Å²) in [5, 5.41) is 0.728. The third-order valence-corrected chi connectivity index (χ3v) is 3.26. The van der Waals surface area contributed by atoms with E-state index in [2.05, 4.69) is 6.92 Å². The molecular formula is C14H15ClO. The molecule has 0 bridgehead atoms. The van der Waals surface area contributed by atoms with Crippen molar-refractivity contribution in [1.29, 1.82) is 0 Å². The minimum Gasteiger partial charge on any atom is -0.295 e. The lowest BCUT2D eigenvalue weighted by Gasteiger charge is -2.18. The number of allylic oxidation sites excluding steroid dienone is 1. The Morgan fingerprint density at radius 1 is 1.31 bits per heavy atom. The van der Waals surface area contributed by atoms with Gasteiger partial charge in [0, 0.05) is 11.4 Å². The van der Waals surface area contributed by atoms with E-state index in [4.69, 9.17) is 11.6 Å². The molecule has 84 valence electrons. The molecule has 1 saturated carbocycles. The van der Waals surface area contributed by atoms with Crippen molar-refractivity contribution < 1.29 is 4.79 Å². The van der Waals surface area contributed by atoms with Gasteiger partial charge in [-0.2, -0.15) is 0 Å². The second kappa shape index (κ2) is 4.84. The molecule has 0 saturated heterocycles. The van der Waals surface area contributed by atoms with Crippen LogP contribution in [0.2, 0.25) is 5.02 Å². The molecule has 1 aliphatic rings. The van der Waals surface area contributed by atoms with Gasteiger partial charge in [0.2, 0.25) is 0 Å². The molecule has 0 aliphatic heterocycles. The van der Waals surface area contributed by atoms with Gasteiger partial charge < -0.3 is 0 Å². The van der Waals surface area contributed by atoms with Gasteiger partial charge in [-0.1, -0.05) is 30.7 Å². The third kappa shape index (κ3) is 2.73. The van der Waals surface area contributed by atoms with Crippen LogP contribution in [0.5, 0.6) is 0 Å². The van der Waals surface area contributed by atoms with Crippen LogP contribution in [0.3, 0.4) is 0 Å². The molecule has 0 N–H and O–H groups in total. The van der Waals surface area contributed by atoms with E-state index in [9.17, 15) is 4.79 Å². The molecule has 1 fully saturated rings. The summed E-state index contributed by atoms with van der Waals surface area (Å²) in [7, 11) is 0. The van der Waals surface area contributed by atoms with Crippen molar-refractivity contribution in [2.45, 2.75) is 26.2 Å². The maximum absolute atomic E-state index is 11.8. The van der Waals surface area contributed by atoms with Crippen molar-refractivity contribution >= 4 is 23.5 Å². The van der Waals surface area contributed by atoms with Crippen LogP contribution in [-0.2, 0) is 4.79 Å². The zero-order valence-electron chi connectivity index (χ0n) is 9.37. The largest absolute Gasteiger partial charge is 0.295 e. The first kappa shape index (κ1) is 11.4. The monoisotopic (exact) mass is 234 g/mol. The van der Waals surface area contributed by atoms with Crippen molar-refractivity contribution in [3.8, 4) is 0 Å². The second-order valence-electron chi connectivity index (χ2n) is 4.49. The maximum Gasteiger partial charge on any atom is 0.159 e. The summed E-state index contributed by atoms with van der Waals surface area (Å²) in [5.41, 5.74) is 2.02. The topological polar surface area (TPSA) is 17.1 Å². The molecule has 1 aliphatic carbocycles. The van der Waals surface area contributed by atoms with Gasteiger partial charge in [-0.25, -0.2) is 0 Å². The second-order valence-corrected chi connectivity index (χ2v) is 4.93. The number of hydrogen-bond donors (Lipinski definition) is 0. The van der Waals surface area contributed by atoms with Crippen LogP contribution in [-0.4, -0.2) is 5.78 Å². The molecule has 2 rings (SSSR count). The van der Waals surface area contributed by atoms with Gasteiger partial charge in [0.1, 0.15) is 0 Å². The Labute approximate surface area is 101 Å². The first-order valence-electron chi connectivity index (χ1n) is 5.64. The SMILES string of the molecule is C[C@@H]1CC/C(=C\c2ccc(Cl)cc2)C(=O)C1. The Kier molecular flexibility index (Phi) is 3.45. The highest BCUT2D eigenvalue weighted by atomic mass is 35.5. The maximum atomic E-state index is 11.8. The fourth-order valence-electron chi connectivity index (χ4n) is 2.00. The summed E-state index contributed by atoms with van der Waals surface area (Å²) in [4.78, 5) is 11.8. The number of hydrogen-bond acceptors (Lipinski definition) is 1. The van der Waals surface area contributed by atoms with Crippen LogP contribution in [0.4, 0.5) is 0 Å². The van der Waals surface area contributed by atoms with Crippen LogP contribution in [0, 0.1) is 5.92 Å². The van der Waals surface area contributed by atoms with Crippen LogP contribution in [0.1, 0.15) is 31.7 Å². The smallest absolute Gasteiger partial charge is 0.159 e. The fraction of sp³-hybridized carbons (Fsp3) is 0.357. The molecule has 1 nitrogen and oxygen atoms in total. The first-order valence-corrected chi connectivity index (χ1v) is 6.02. The zero-order chi connectivity index (χ0) is 11.5. The molecule has 1 aromatic carbocycles. The van der Waals surface area contributed by atoms with E-state index in [1.165, 1.54) is 0 Å². The molecule has 0 spiro atoms. The summed E-state index contributed by atoms with van der Waals surface area (Å²) in [6.45, 7) is 2.14. The number of Topliss-reactive ketones (excluding diaryl/α,β-unsaturated/α-hetero) is 1. The van der Waals surface area contributed by atoms with Gasteiger partial charge in [-0.3, -0.25) is 4.79 Å². The lowest BCUT2D eigenvalue weighted by molar-refractivity contribution is -0.117. The van der Waals surface area contributed by atoms with Crippen molar-refractivity contribution in [2.24, 2.45) is 5.92 Å². The Balaban J connectivity index is 2.18. The fourth-order valence-corrected chi connectivity index (χ4v) is 2.13. The quantitative estimate of drug-likeness (QED) is 0.669. The zero-order valence-corrected chi connectivity index (χ0v) is 10.1. The number of ketones is 1. The van der Waals surface area contributed by atoms with Crippen LogP contribution < -0.4 is 0 Å². The number of carbonyl (C=O) groups excluding carboxylic acids is 1. The summed E-state index contributed by atoms with van der Waals surface area (Å²) in [6.07, 6.45) is 4.71. The highest BCUT2D eigenvalue weighted by Crippen LogP contribution is 2.26. The highest BCUT2D eigenvalue weighted by molar-refractivity contribution is 6.30. The molecule has 0 amide bonds. The van der Waals surface area contributed by atoms with E-state index < -0.39 is 0 Å². The van der Waals surface area contributed by atoms with Crippen LogP contribution in [0.25, 0.3) is 6.08 Å². The summed E-state index contributed by atoms with van der Waals surface area (Å²) in [6, 6.07) is 7.59. The Morgan fingerprint density at radius 2 is 2.00 bits per heavy atom. The van der Waals surface area contributed by atoms with Crippen molar-refractivity contribution in [3.05, 3.63) is 40.4 Å². The third-order valence-electron chi connectivity index (χ3n) is 3.01. The molecule has 0 heterocycles. The van der Waals surface area contributed by atoms with Gasteiger partial charge in [0.05, 0.1) is 0 Å². The molecule has 1 aromatic rings. The van der Waals surface area contributed by atoms with E-state index >= 15 is 0 Å². The number of benzene rings is 1. The Bertz CT molecular complexity index is 417. The molecule has 2 heteroatoms. The summed E-state index contributed by atoms with van der Waals surface area (Å²) < 4.78 is 0. The standard InChI is InChI=1S/C14H15ClO/c1-10-2-5-12(14(16)8-10)9-11-3-6-13(15)7-4-11/h3-4,6-7,9-10H,2,5,8H2,1H3/b12-9+/t10-/m1/s1. The molecule has 1 atom stereocenters. The lowest BCUT2D eigenvalue weighted by atomic mass is 9.85. The van der Waals surface area contributed by atoms with Crippen LogP contribution >= 0.6 is 11.6 Å². The molecule has 0 aromatic heterocycles. The van der Waals surface area contributed by atoms with Gasteiger partial charge in [-0.05, 0) is 48.1 Å². The van der Waals surface area contributed by atoms with Crippen molar-refractivity contribution in [1.82, 2.24) is 0 Å². The Morgan fingerprint density at radius 3 is 2.62 bits per heavy atom. The van der Waals surface area contributed by atoms with Gasteiger partial charge >= 0.3 is 0 Å². The van der Waals surface area contributed by atoms with Crippen molar-refractivity contribution in [2.75, 3.05) is 0 Å². The number of rotatable bonds is 1. The lowest BCUT2D eigenvalue weighted by Crippen LogP contribution is -2.15. The highest BCUT2D eigenvalue weighted by Gasteiger charge is 2.20.